The Labute approximate surface area is 107 Å². The molecule has 0 amide bonds. The van der Waals surface area contributed by atoms with Crippen LogP contribution in [0, 0.1) is 11.3 Å². The van der Waals surface area contributed by atoms with Gasteiger partial charge in [0.15, 0.2) is 11.9 Å². The fourth-order valence-electron chi connectivity index (χ4n) is 2.11. The molecule has 94 valence electrons. The molecule has 1 aliphatic heterocycles. The highest BCUT2D eigenvalue weighted by molar-refractivity contribution is 5.99. The van der Waals surface area contributed by atoms with E-state index < -0.39 is 6.10 Å². The first-order chi connectivity index (χ1) is 8.72. The first kappa shape index (κ1) is 12.7. The van der Waals surface area contributed by atoms with E-state index in [1.807, 2.05) is 42.2 Å². The molecule has 2 unspecified atom stereocenters. The fraction of sp³-hybridized carbons (Fsp3) is 0.429. The molecule has 1 fully saturated rings. The van der Waals surface area contributed by atoms with Gasteiger partial charge >= 0.3 is 0 Å². The lowest BCUT2D eigenvalue weighted by Gasteiger charge is -2.33. The Morgan fingerprint density at radius 2 is 2.22 bits per heavy atom. The van der Waals surface area contributed by atoms with Crippen molar-refractivity contribution in [2.24, 2.45) is 0 Å². The molecule has 0 aliphatic carbocycles. The maximum atomic E-state index is 12.3. The van der Waals surface area contributed by atoms with Crippen LogP contribution >= 0.6 is 0 Å². The summed E-state index contributed by atoms with van der Waals surface area (Å²) < 4.78 is 5.28. The second-order valence-corrected chi connectivity index (χ2v) is 4.39. The maximum Gasteiger partial charge on any atom is 0.179 e. The topological polar surface area (TPSA) is 53.3 Å². The molecule has 4 heteroatoms. The van der Waals surface area contributed by atoms with Crippen molar-refractivity contribution in [1.29, 1.82) is 5.26 Å². The SMILES string of the molecule is CC(C(=O)c1ccccc1)N1CCOC(C#N)C1. The van der Waals surface area contributed by atoms with Crippen LogP contribution in [0.5, 0.6) is 0 Å². The number of rotatable bonds is 3. The number of hydrogen-bond acceptors (Lipinski definition) is 4. The molecule has 2 atom stereocenters. The number of hydrogen-bond donors (Lipinski definition) is 0. The van der Waals surface area contributed by atoms with Crippen LogP contribution in [-0.4, -0.2) is 42.5 Å². The van der Waals surface area contributed by atoms with Gasteiger partial charge in [-0.3, -0.25) is 9.69 Å². The summed E-state index contributed by atoms with van der Waals surface area (Å²) in [7, 11) is 0. The number of ether oxygens (including phenoxy) is 1. The Morgan fingerprint density at radius 3 is 2.89 bits per heavy atom. The van der Waals surface area contributed by atoms with E-state index in [9.17, 15) is 4.79 Å². The zero-order valence-corrected chi connectivity index (χ0v) is 10.4. The molecular weight excluding hydrogens is 228 g/mol. The van der Waals surface area contributed by atoms with Crippen LogP contribution in [-0.2, 0) is 4.74 Å². The van der Waals surface area contributed by atoms with E-state index in [2.05, 4.69) is 6.07 Å². The van der Waals surface area contributed by atoms with E-state index in [-0.39, 0.29) is 11.8 Å². The van der Waals surface area contributed by atoms with E-state index in [1.165, 1.54) is 0 Å². The molecule has 18 heavy (non-hydrogen) atoms. The molecule has 0 bridgehead atoms. The summed E-state index contributed by atoms with van der Waals surface area (Å²) in [6.07, 6.45) is -0.426. The molecule has 4 nitrogen and oxygen atoms in total. The zero-order chi connectivity index (χ0) is 13.0. The maximum absolute atomic E-state index is 12.3. The monoisotopic (exact) mass is 244 g/mol. The second kappa shape index (κ2) is 5.76. The smallest absolute Gasteiger partial charge is 0.179 e. The van der Waals surface area contributed by atoms with Crippen molar-refractivity contribution in [3.8, 4) is 6.07 Å². The quantitative estimate of drug-likeness (QED) is 0.756. The molecule has 1 heterocycles. The summed E-state index contributed by atoms with van der Waals surface area (Å²) >= 11 is 0. The van der Waals surface area contributed by atoms with E-state index in [1.54, 1.807) is 0 Å². The summed E-state index contributed by atoms with van der Waals surface area (Å²) in [4.78, 5) is 14.3. The molecule has 0 N–H and O–H groups in total. The van der Waals surface area contributed by atoms with Crippen LogP contribution in [0.15, 0.2) is 30.3 Å². The van der Waals surface area contributed by atoms with Crippen molar-refractivity contribution in [3.63, 3.8) is 0 Å². The number of ketones is 1. The number of benzene rings is 1. The van der Waals surface area contributed by atoms with Crippen molar-refractivity contribution < 1.29 is 9.53 Å². The molecule has 1 saturated heterocycles. The highest BCUT2D eigenvalue weighted by atomic mass is 16.5. The molecule has 1 aromatic carbocycles. The number of Topliss-reactive ketones (excluding diaryl/α,β-unsaturated/α-hetero) is 1. The van der Waals surface area contributed by atoms with E-state index in [0.717, 1.165) is 0 Å². The third kappa shape index (κ3) is 2.76. The summed E-state index contributed by atoms with van der Waals surface area (Å²) in [5.41, 5.74) is 0.713. The zero-order valence-electron chi connectivity index (χ0n) is 10.4. The average molecular weight is 244 g/mol. The number of nitrogens with zero attached hydrogens (tertiary/aromatic N) is 2. The molecular formula is C14H16N2O2. The van der Waals surface area contributed by atoms with Gasteiger partial charge in [0.05, 0.1) is 18.7 Å². The lowest BCUT2D eigenvalue weighted by atomic mass is 10.0. The molecule has 0 aromatic heterocycles. The highest BCUT2D eigenvalue weighted by Crippen LogP contribution is 2.13. The van der Waals surface area contributed by atoms with Crippen LogP contribution in [0.1, 0.15) is 17.3 Å². The summed E-state index contributed by atoms with van der Waals surface area (Å²) in [6.45, 7) is 3.58. The molecule has 1 aliphatic rings. The predicted octanol–water partition coefficient (Wildman–Crippen LogP) is 1.48. The molecule has 0 saturated carbocycles. The molecule has 1 aromatic rings. The minimum Gasteiger partial charge on any atom is -0.361 e. The van der Waals surface area contributed by atoms with Gasteiger partial charge in [-0.25, -0.2) is 0 Å². The molecule has 2 rings (SSSR count). The van der Waals surface area contributed by atoms with Crippen molar-refractivity contribution >= 4 is 5.78 Å². The second-order valence-electron chi connectivity index (χ2n) is 4.39. The number of morpholine rings is 1. The van der Waals surface area contributed by atoms with Gasteiger partial charge in [-0.15, -0.1) is 0 Å². The van der Waals surface area contributed by atoms with Crippen LogP contribution < -0.4 is 0 Å². The minimum absolute atomic E-state index is 0.0918. The largest absolute Gasteiger partial charge is 0.361 e. The van der Waals surface area contributed by atoms with Crippen molar-refractivity contribution in [2.75, 3.05) is 19.7 Å². The van der Waals surface area contributed by atoms with Gasteiger partial charge in [-0.2, -0.15) is 5.26 Å². The average Bonchev–Trinajstić information content (AvgIpc) is 2.46. The molecule has 0 spiro atoms. The first-order valence-corrected chi connectivity index (χ1v) is 6.07. The van der Waals surface area contributed by atoms with Crippen LogP contribution in [0.3, 0.4) is 0 Å². The van der Waals surface area contributed by atoms with Crippen molar-refractivity contribution in [2.45, 2.75) is 19.1 Å². The van der Waals surface area contributed by atoms with E-state index in [4.69, 9.17) is 10.00 Å². The summed E-state index contributed by atoms with van der Waals surface area (Å²) in [6, 6.07) is 11.1. The van der Waals surface area contributed by atoms with Crippen LogP contribution in [0.4, 0.5) is 0 Å². The number of carbonyl (C=O) groups is 1. The van der Waals surface area contributed by atoms with Crippen molar-refractivity contribution in [1.82, 2.24) is 4.90 Å². The Kier molecular flexibility index (Phi) is 4.08. The van der Waals surface area contributed by atoms with Crippen molar-refractivity contribution in [3.05, 3.63) is 35.9 Å². The van der Waals surface area contributed by atoms with Gasteiger partial charge in [-0.05, 0) is 6.92 Å². The lowest BCUT2D eigenvalue weighted by molar-refractivity contribution is -0.0109. The van der Waals surface area contributed by atoms with Gasteiger partial charge in [-0.1, -0.05) is 30.3 Å². The van der Waals surface area contributed by atoms with Gasteiger partial charge in [0.25, 0.3) is 0 Å². The standard InChI is InChI=1S/C14H16N2O2/c1-11(14(17)12-5-3-2-4-6-12)16-7-8-18-13(9-15)10-16/h2-6,11,13H,7-8,10H2,1H3. The molecule has 0 radical (unpaired) electrons. The van der Waals surface area contributed by atoms with E-state index in [0.29, 0.717) is 25.3 Å². The van der Waals surface area contributed by atoms with Gasteiger partial charge in [0.1, 0.15) is 0 Å². The van der Waals surface area contributed by atoms with Crippen LogP contribution in [0.2, 0.25) is 0 Å². The summed E-state index contributed by atoms with van der Waals surface area (Å²) in [5, 5.41) is 8.86. The highest BCUT2D eigenvalue weighted by Gasteiger charge is 2.28. The third-order valence-corrected chi connectivity index (χ3v) is 3.23. The van der Waals surface area contributed by atoms with E-state index >= 15 is 0 Å². The van der Waals surface area contributed by atoms with Gasteiger partial charge in [0.2, 0.25) is 0 Å². The Hall–Kier alpha value is -1.70. The third-order valence-electron chi connectivity index (χ3n) is 3.23. The normalized spacial score (nSPS) is 22.1. The predicted molar refractivity (Wildman–Crippen MR) is 67.2 cm³/mol. The number of nitriles is 1. The van der Waals surface area contributed by atoms with Crippen LogP contribution in [0.25, 0.3) is 0 Å². The number of carbonyl (C=O) groups excluding carboxylic acids is 1. The Bertz CT molecular complexity index is 453. The van der Waals surface area contributed by atoms with Gasteiger partial charge < -0.3 is 4.74 Å². The minimum atomic E-state index is -0.426. The first-order valence-electron chi connectivity index (χ1n) is 6.07. The lowest BCUT2D eigenvalue weighted by Crippen LogP contribution is -2.49. The Balaban J connectivity index is 2.05. The van der Waals surface area contributed by atoms with Gasteiger partial charge in [0, 0.05) is 18.7 Å². The summed E-state index contributed by atoms with van der Waals surface area (Å²) in [5.74, 6) is 0.0918. The Morgan fingerprint density at radius 1 is 1.50 bits per heavy atom. The fourth-order valence-corrected chi connectivity index (χ4v) is 2.11.